The highest BCUT2D eigenvalue weighted by molar-refractivity contribution is 6.32. The van der Waals surface area contributed by atoms with E-state index < -0.39 is 0 Å². The summed E-state index contributed by atoms with van der Waals surface area (Å²) in [6.45, 7) is 0.166. The van der Waals surface area contributed by atoms with E-state index in [-0.39, 0.29) is 6.61 Å². The van der Waals surface area contributed by atoms with Crippen LogP contribution in [0.4, 0.5) is 0 Å². The minimum absolute atomic E-state index is 0.166. The minimum Gasteiger partial charge on any atom is -0.396 e. The second-order valence-electron chi connectivity index (χ2n) is 3.43. The summed E-state index contributed by atoms with van der Waals surface area (Å²) in [7, 11) is 0. The minimum atomic E-state index is 0.166. The first-order chi connectivity index (χ1) is 7.81. The average molecular weight is 238 g/mol. The molecule has 0 bridgehead atoms. The molecule has 0 saturated carbocycles. The molecule has 4 nitrogen and oxygen atoms in total. The van der Waals surface area contributed by atoms with Crippen molar-refractivity contribution in [1.29, 1.82) is 0 Å². The van der Waals surface area contributed by atoms with Crippen molar-refractivity contribution in [3.8, 4) is 5.69 Å². The van der Waals surface area contributed by atoms with E-state index in [1.165, 1.54) is 0 Å². The van der Waals surface area contributed by atoms with E-state index in [1.807, 2.05) is 30.5 Å². The molecular formula is C11H12ClN3O. The molecule has 0 spiro atoms. The molecule has 0 atom stereocenters. The van der Waals surface area contributed by atoms with Gasteiger partial charge in [-0.25, -0.2) is 4.68 Å². The summed E-state index contributed by atoms with van der Waals surface area (Å²) in [4.78, 5) is 0. The van der Waals surface area contributed by atoms with Crippen LogP contribution in [0.1, 0.15) is 12.1 Å². The molecule has 1 aromatic heterocycles. The first-order valence-corrected chi connectivity index (χ1v) is 5.46. The fourth-order valence-electron chi connectivity index (χ4n) is 1.43. The average Bonchev–Trinajstić information content (AvgIpc) is 2.75. The summed E-state index contributed by atoms with van der Waals surface area (Å²) in [5, 5.41) is 17.4. The summed E-state index contributed by atoms with van der Waals surface area (Å²) in [5.41, 5.74) is 1.67. The van der Waals surface area contributed by atoms with Gasteiger partial charge in [0.2, 0.25) is 0 Å². The lowest BCUT2D eigenvalue weighted by atomic mass is 10.2. The van der Waals surface area contributed by atoms with Crippen LogP contribution in [0, 0.1) is 0 Å². The second kappa shape index (κ2) is 5.09. The molecule has 0 aliphatic rings. The summed E-state index contributed by atoms with van der Waals surface area (Å²) < 4.78 is 1.65. The standard InChI is InChI=1S/C11H12ClN3O/c12-10-5-1-2-6-11(10)15-8-9(13-14-15)4-3-7-16/h1-2,5-6,8,16H,3-4,7H2. The fourth-order valence-corrected chi connectivity index (χ4v) is 1.65. The predicted molar refractivity (Wildman–Crippen MR) is 61.8 cm³/mol. The molecule has 0 saturated heterocycles. The molecule has 0 radical (unpaired) electrons. The van der Waals surface area contributed by atoms with Gasteiger partial charge in [-0.05, 0) is 25.0 Å². The SMILES string of the molecule is OCCCc1cn(-c2ccccc2Cl)nn1. The van der Waals surface area contributed by atoms with Gasteiger partial charge in [0.25, 0.3) is 0 Å². The number of aryl methyl sites for hydroxylation is 1. The zero-order valence-corrected chi connectivity index (χ0v) is 9.43. The highest BCUT2D eigenvalue weighted by Crippen LogP contribution is 2.18. The van der Waals surface area contributed by atoms with Crippen molar-refractivity contribution in [3.63, 3.8) is 0 Å². The first kappa shape index (κ1) is 11.1. The van der Waals surface area contributed by atoms with Crippen LogP contribution in [-0.4, -0.2) is 26.7 Å². The third kappa shape index (κ3) is 2.40. The van der Waals surface area contributed by atoms with E-state index >= 15 is 0 Å². The molecule has 1 heterocycles. The molecule has 1 N–H and O–H groups in total. The Kier molecular flexibility index (Phi) is 3.54. The molecule has 16 heavy (non-hydrogen) atoms. The number of aliphatic hydroxyl groups excluding tert-OH is 1. The molecule has 0 unspecified atom stereocenters. The monoisotopic (exact) mass is 237 g/mol. The van der Waals surface area contributed by atoms with Crippen molar-refractivity contribution < 1.29 is 5.11 Å². The quantitative estimate of drug-likeness (QED) is 0.883. The predicted octanol–water partition coefficient (Wildman–Crippen LogP) is 1.85. The van der Waals surface area contributed by atoms with Crippen LogP contribution < -0.4 is 0 Å². The van der Waals surface area contributed by atoms with Gasteiger partial charge in [-0.2, -0.15) is 0 Å². The van der Waals surface area contributed by atoms with Gasteiger partial charge in [-0.15, -0.1) is 5.10 Å². The highest BCUT2D eigenvalue weighted by Gasteiger charge is 2.05. The van der Waals surface area contributed by atoms with Gasteiger partial charge >= 0.3 is 0 Å². The van der Waals surface area contributed by atoms with E-state index in [2.05, 4.69) is 10.3 Å². The maximum Gasteiger partial charge on any atom is 0.0849 e. The zero-order chi connectivity index (χ0) is 11.4. The zero-order valence-electron chi connectivity index (χ0n) is 8.67. The summed E-state index contributed by atoms with van der Waals surface area (Å²) in [6.07, 6.45) is 3.25. The number of para-hydroxylation sites is 1. The molecule has 0 aliphatic carbocycles. The molecule has 0 fully saturated rings. The van der Waals surface area contributed by atoms with Crippen LogP contribution >= 0.6 is 11.6 Å². The van der Waals surface area contributed by atoms with E-state index in [9.17, 15) is 0 Å². The number of nitrogens with zero attached hydrogens (tertiary/aromatic N) is 3. The van der Waals surface area contributed by atoms with E-state index in [4.69, 9.17) is 16.7 Å². The van der Waals surface area contributed by atoms with Crippen LogP contribution in [0.3, 0.4) is 0 Å². The second-order valence-corrected chi connectivity index (χ2v) is 3.84. The van der Waals surface area contributed by atoms with Gasteiger partial charge in [0.1, 0.15) is 0 Å². The Morgan fingerprint density at radius 2 is 2.12 bits per heavy atom. The van der Waals surface area contributed by atoms with Crippen molar-refractivity contribution in [2.45, 2.75) is 12.8 Å². The summed E-state index contributed by atoms with van der Waals surface area (Å²) in [6, 6.07) is 7.46. The third-order valence-electron chi connectivity index (χ3n) is 2.23. The van der Waals surface area contributed by atoms with Gasteiger partial charge in [0.15, 0.2) is 0 Å². The molecule has 2 rings (SSSR count). The van der Waals surface area contributed by atoms with Gasteiger partial charge in [0, 0.05) is 6.61 Å². The number of hydrogen-bond acceptors (Lipinski definition) is 3. The number of rotatable bonds is 4. The van der Waals surface area contributed by atoms with Crippen LogP contribution in [0.25, 0.3) is 5.69 Å². The first-order valence-electron chi connectivity index (χ1n) is 5.08. The van der Waals surface area contributed by atoms with Crippen LogP contribution in [0.15, 0.2) is 30.5 Å². The van der Waals surface area contributed by atoms with E-state index in [0.29, 0.717) is 11.4 Å². The maximum absolute atomic E-state index is 8.72. The molecule has 5 heteroatoms. The van der Waals surface area contributed by atoms with Gasteiger partial charge in [0.05, 0.1) is 22.6 Å². The Morgan fingerprint density at radius 1 is 1.31 bits per heavy atom. The van der Waals surface area contributed by atoms with Crippen LogP contribution in [-0.2, 0) is 6.42 Å². The Labute approximate surface area is 98.5 Å². The normalized spacial score (nSPS) is 10.6. The number of aromatic nitrogens is 3. The molecule has 1 aromatic carbocycles. The van der Waals surface area contributed by atoms with Gasteiger partial charge < -0.3 is 5.11 Å². The van der Waals surface area contributed by atoms with Crippen molar-refractivity contribution in [2.75, 3.05) is 6.61 Å². The van der Waals surface area contributed by atoms with Crippen molar-refractivity contribution in [3.05, 3.63) is 41.2 Å². The summed E-state index contributed by atoms with van der Waals surface area (Å²) >= 11 is 6.04. The van der Waals surface area contributed by atoms with Crippen LogP contribution in [0.2, 0.25) is 5.02 Å². The summed E-state index contributed by atoms with van der Waals surface area (Å²) in [5.74, 6) is 0. The maximum atomic E-state index is 8.72. The Bertz CT molecular complexity index is 470. The smallest absolute Gasteiger partial charge is 0.0849 e. The van der Waals surface area contributed by atoms with Crippen molar-refractivity contribution in [1.82, 2.24) is 15.0 Å². The third-order valence-corrected chi connectivity index (χ3v) is 2.55. The Morgan fingerprint density at radius 3 is 2.88 bits per heavy atom. The van der Waals surface area contributed by atoms with E-state index in [0.717, 1.165) is 17.8 Å². The molecular weight excluding hydrogens is 226 g/mol. The lowest BCUT2D eigenvalue weighted by molar-refractivity contribution is 0.288. The van der Waals surface area contributed by atoms with Gasteiger partial charge in [-0.3, -0.25) is 0 Å². The van der Waals surface area contributed by atoms with E-state index in [1.54, 1.807) is 4.68 Å². The largest absolute Gasteiger partial charge is 0.396 e. The Hall–Kier alpha value is -1.39. The van der Waals surface area contributed by atoms with Crippen molar-refractivity contribution in [2.24, 2.45) is 0 Å². The lowest BCUT2D eigenvalue weighted by Crippen LogP contribution is -1.95. The number of hydrogen-bond donors (Lipinski definition) is 1. The Balaban J connectivity index is 2.22. The van der Waals surface area contributed by atoms with Crippen molar-refractivity contribution >= 4 is 11.6 Å². The molecule has 84 valence electrons. The molecule has 0 amide bonds. The molecule has 0 aliphatic heterocycles. The molecule has 2 aromatic rings. The lowest BCUT2D eigenvalue weighted by Gasteiger charge is -2.01. The number of aliphatic hydroxyl groups is 1. The van der Waals surface area contributed by atoms with Crippen LogP contribution in [0.5, 0.6) is 0 Å². The number of halogens is 1. The highest BCUT2D eigenvalue weighted by atomic mass is 35.5. The van der Waals surface area contributed by atoms with Gasteiger partial charge in [-0.1, -0.05) is 28.9 Å². The fraction of sp³-hybridized carbons (Fsp3) is 0.273. The number of benzene rings is 1. The topological polar surface area (TPSA) is 50.9 Å².